The number of benzene rings is 1. The van der Waals surface area contributed by atoms with Crippen molar-refractivity contribution in [2.75, 3.05) is 0 Å². The van der Waals surface area contributed by atoms with Gasteiger partial charge < -0.3 is 4.52 Å². The van der Waals surface area contributed by atoms with Crippen LogP contribution in [0, 0.1) is 0 Å². The van der Waals surface area contributed by atoms with E-state index in [-0.39, 0.29) is 94.4 Å². The Balaban J connectivity index is -0.000000403. The molecule has 0 amide bonds. The van der Waals surface area contributed by atoms with Crippen LogP contribution >= 0.6 is 7.82 Å². The Morgan fingerprint density at radius 1 is 1.00 bits per heavy atom. The second kappa shape index (κ2) is 10.3. The minimum atomic E-state index is -4.39. The molecule has 0 unspecified atom stereocenters. The first-order valence-corrected chi connectivity index (χ1v) is 4.41. The average Bonchev–Trinajstić information content (AvgIpc) is 1.85. The molecule has 0 aliphatic heterocycles. The molecule has 0 aliphatic rings. The zero-order valence-corrected chi connectivity index (χ0v) is 15.4. The number of para-hydroxylation sites is 1. The molecule has 0 spiro atoms. The second-order valence-corrected chi connectivity index (χ2v) is 3.06. The first kappa shape index (κ1) is 21.5. The van der Waals surface area contributed by atoms with Gasteiger partial charge in [-0.25, -0.2) is 4.57 Å². The van der Waals surface area contributed by atoms with Crippen molar-refractivity contribution < 1.29 is 108 Å². The molecule has 1 aromatic rings. The molecule has 0 saturated heterocycles. The van der Waals surface area contributed by atoms with Gasteiger partial charge in [0.05, 0.1) is 0 Å². The zero-order chi connectivity index (χ0) is 8.32. The van der Waals surface area contributed by atoms with Crippen LogP contribution in [0.3, 0.4) is 0 Å². The molecule has 0 heterocycles. The molecule has 4 nitrogen and oxygen atoms in total. The van der Waals surface area contributed by atoms with E-state index in [1.807, 2.05) is 0 Å². The van der Waals surface area contributed by atoms with Gasteiger partial charge in [-0.3, -0.25) is 9.79 Å². The summed E-state index contributed by atoms with van der Waals surface area (Å²) in [5, 5.41) is 0. The molecule has 8 heteroatoms. The number of hydrogen-bond acceptors (Lipinski definition) is 2. The van der Waals surface area contributed by atoms with Crippen molar-refractivity contribution in [2.45, 2.75) is 0 Å². The van der Waals surface area contributed by atoms with Crippen LogP contribution in [0.25, 0.3) is 0 Å². The Morgan fingerprint density at radius 3 is 1.79 bits per heavy atom. The molecule has 0 saturated carbocycles. The molecule has 0 fully saturated rings. The van der Waals surface area contributed by atoms with Crippen LogP contribution in [-0.2, 0) is 4.57 Å². The van der Waals surface area contributed by atoms with Gasteiger partial charge in [0.25, 0.3) is 0 Å². The second-order valence-electron chi connectivity index (χ2n) is 1.89. The molecular formula is C6H7Na3O4P+3. The van der Waals surface area contributed by atoms with E-state index in [0.29, 0.717) is 0 Å². The quantitative estimate of drug-likeness (QED) is 0.400. The monoisotopic (exact) mass is 243 g/mol. The molecular weight excluding hydrogens is 236 g/mol. The van der Waals surface area contributed by atoms with Crippen molar-refractivity contribution in [2.24, 2.45) is 0 Å². The van der Waals surface area contributed by atoms with Gasteiger partial charge >= 0.3 is 96.5 Å². The topological polar surface area (TPSA) is 66.8 Å². The summed E-state index contributed by atoms with van der Waals surface area (Å²) in [4.78, 5) is 16.7. The number of phosphoric acid groups is 1. The molecule has 1 rings (SSSR count). The van der Waals surface area contributed by atoms with Gasteiger partial charge in [0.15, 0.2) is 0 Å². The summed E-state index contributed by atoms with van der Waals surface area (Å²) in [6.45, 7) is 0. The van der Waals surface area contributed by atoms with E-state index in [1.165, 1.54) is 12.1 Å². The molecule has 2 N–H and O–H groups in total. The molecule has 0 aliphatic carbocycles. The van der Waals surface area contributed by atoms with E-state index in [2.05, 4.69) is 4.52 Å². The Kier molecular flexibility index (Phi) is 15.8. The van der Waals surface area contributed by atoms with Gasteiger partial charge in [-0.15, -0.1) is 0 Å². The van der Waals surface area contributed by atoms with Gasteiger partial charge in [0.1, 0.15) is 5.75 Å². The Labute approximate surface area is 149 Å². The minimum Gasteiger partial charge on any atom is -0.404 e. The molecule has 0 bridgehead atoms. The Morgan fingerprint density at radius 2 is 1.43 bits per heavy atom. The molecule has 60 valence electrons. The van der Waals surface area contributed by atoms with E-state index in [0.717, 1.165) is 0 Å². The fourth-order valence-corrected chi connectivity index (χ4v) is 1.02. The van der Waals surface area contributed by atoms with E-state index < -0.39 is 7.82 Å². The standard InChI is InChI=1S/C6H7O4P.3Na/c7-11(8,9)10-6-4-2-1-3-5-6;;;/h1-5H,(H2,7,8,9);;;/q;3*+1. The van der Waals surface area contributed by atoms with Crippen molar-refractivity contribution in [3.8, 4) is 5.75 Å². The van der Waals surface area contributed by atoms with Gasteiger partial charge in [-0.1, -0.05) is 18.2 Å². The molecule has 0 aromatic heterocycles. The van der Waals surface area contributed by atoms with E-state index in [1.54, 1.807) is 18.2 Å². The van der Waals surface area contributed by atoms with Gasteiger partial charge in [0.2, 0.25) is 0 Å². The maximum atomic E-state index is 10.3. The summed E-state index contributed by atoms with van der Waals surface area (Å²) < 4.78 is 14.5. The van der Waals surface area contributed by atoms with Crippen LogP contribution in [0.2, 0.25) is 0 Å². The molecule has 1 aromatic carbocycles. The number of rotatable bonds is 2. The van der Waals surface area contributed by atoms with Crippen LogP contribution in [0.15, 0.2) is 30.3 Å². The summed E-state index contributed by atoms with van der Waals surface area (Å²) in [7, 11) is -4.39. The fraction of sp³-hybridized carbons (Fsp3) is 0. The summed E-state index contributed by atoms with van der Waals surface area (Å²) in [6.07, 6.45) is 0. The first-order chi connectivity index (χ1) is 5.08. The predicted molar refractivity (Wildman–Crippen MR) is 39.1 cm³/mol. The van der Waals surface area contributed by atoms with Crippen molar-refractivity contribution >= 4 is 7.82 Å². The van der Waals surface area contributed by atoms with Crippen molar-refractivity contribution in [3.05, 3.63) is 30.3 Å². The van der Waals surface area contributed by atoms with Crippen LogP contribution in [0.5, 0.6) is 5.75 Å². The van der Waals surface area contributed by atoms with Crippen LogP contribution in [0.4, 0.5) is 0 Å². The van der Waals surface area contributed by atoms with Crippen molar-refractivity contribution in [3.63, 3.8) is 0 Å². The maximum absolute atomic E-state index is 10.3. The third-order valence-corrected chi connectivity index (χ3v) is 1.42. The van der Waals surface area contributed by atoms with Crippen LogP contribution in [0.1, 0.15) is 0 Å². The van der Waals surface area contributed by atoms with Crippen molar-refractivity contribution in [1.29, 1.82) is 0 Å². The van der Waals surface area contributed by atoms with Gasteiger partial charge in [-0.2, -0.15) is 0 Å². The predicted octanol–water partition coefficient (Wildman–Crippen LogP) is -7.83. The van der Waals surface area contributed by atoms with Gasteiger partial charge in [-0.05, 0) is 12.1 Å². The summed E-state index contributed by atoms with van der Waals surface area (Å²) >= 11 is 0. The third-order valence-electron chi connectivity index (χ3n) is 0.968. The minimum absolute atomic E-state index is 0. The largest absolute Gasteiger partial charge is 1.00 e. The normalized spacial score (nSPS) is 8.71. The van der Waals surface area contributed by atoms with E-state index in [9.17, 15) is 4.57 Å². The fourth-order valence-electron chi connectivity index (χ4n) is 0.619. The Bertz CT molecular complexity index is 276. The maximum Gasteiger partial charge on any atom is 1.00 e. The number of hydrogen-bond donors (Lipinski definition) is 2. The summed E-state index contributed by atoms with van der Waals surface area (Å²) in [5.74, 6) is 0.167. The summed E-state index contributed by atoms with van der Waals surface area (Å²) in [6, 6.07) is 7.93. The van der Waals surface area contributed by atoms with Gasteiger partial charge in [0, 0.05) is 0 Å². The van der Waals surface area contributed by atoms with Crippen LogP contribution in [-0.4, -0.2) is 9.79 Å². The third kappa shape index (κ3) is 10.7. The first-order valence-electron chi connectivity index (χ1n) is 2.88. The molecule has 14 heavy (non-hydrogen) atoms. The molecule has 0 atom stereocenters. The molecule has 0 radical (unpaired) electrons. The van der Waals surface area contributed by atoms with E-state index >= 15 is 0 Å². The number of phosphoric ester groups is 1. The SMILES string of the molecule is O=P(O)(O)Oc1ccccc1.[Na+].[Na+].[Na+]. The summed E-state index contributed by atoms with van der Waals surface area (Å²) in [5.41, 5.74) is 0. The Hall–Kier alpha value is 2.17. The zero-order valence-electron chi connectivity index (χ0n) is 8.54. The smallest absolute Gasteiger partial charge is 0.404 e. The van der Waals surface area contributed by atoms with Crippen molar-refractivity contribution in [1.82, 2.24) is 0 Å². The average molecular weight is 243 g/mol. The van der Waals surface area contributed by atoms with Crippen LogP contribution < -0.4 is 93.2 Å². The van der Waals surface area contributed by atoms with E-state index in [4.69, 9.17) is 9.79 Å².